The third kappa shape index (κ3) is 1.20. The van der Waals surface area contributed by atoms with Crippen molar-refractivity contribution in [3.05, 3.63) is 0 Å². The van der Waals surface area contributed by atoms with Gasteiger partial charge < -0.3 is 5.32 Å². The molecular weight excluding hydrogens is 229 g/mol. The van der Waals surface area contributed by atoms with Crippen LogP contribution in [0.15, 0.2) is 0 Å². The van der Waals surface area contributed by atoms with E-state index in [0.717, 1.165) is 0 Å². The molecule has 1 N–H and O–H groups in total. The standard InChI is InChI=1S/C6H10INO/c1-3(2)5-4(7)6(9)8-5/h3-5H,1-2H3,(H,8,9). The van der Waals surface area contributed by atoms with Crippen molar-refractivity contribution < 1.29 is 4.79 Å². The van der Waals surface area contributed by atoms with Crippen molar-refractivity contribution in [3.8, 4) is 0 Å². The molecule has 0 aliphatic carbocycles. The lowest BCUT2D eigenvalue weighted by Gasteiger charge is -2.35. The van der Waals surface area contributed by atoms with E-state index in [1.54, 1.807) is 0 Å². The van der Waals surface area contributed by atoms with E-state index in [2.05, 4.69) is 41.8 Å². The number of nitrogens with one attached hydrogen (secondary N) is 1. The molecule has 1 aliphatic rings. The second kappa shape index (κ2) is 2.44. The lowest BCUT2D eigenvalue weighted by molar-refractivity contribution is -0.127. The van der Waals surface area contributed by atoms with Crippen molar-refractivity contribution in [2.75, 3.05) is 0 Å². The normalized spacial score (nSPS) is 34.0. The number of β-lactam (4-membered cyclic amide) rings is 1. The fourth-order valence-electron chi connectivity index (χ4n) is 0.888. The van der Waals surface area contributed by atoms with E-state index in [9.17, 15) is 4.79 Å². The Morgan fingerprint density at radius 2 is 2.22 bits per heavy atom. The molecule has 1 amide bonds. The smallest absolute Gasteiger partial charge is 0.235 e. The molecule has 9 heavy (non-hydrogen) atoms. The Labute approximate surface area is 68.5 Å². The summed E-state index contributed by atoms with van der Waals surface area (Å²) in [6.45, 7) is 4.24. The minimum absolute atomic E-state index is 0.189. The summed E-state index contributed by atoms with van der Waals surface area (Å²) < 4.78 is 0.211. The highest BCUT2D eigenvalue weighted by Gasteiger charge is 2.38. The molecule has 2 nitrogen and oxygen atoms in total. The van der Waals surface area contributed by atoms with Gasteiger partial charge in [-0.3, -0.25) is 4.79 Å². The summed E-state index contributed by atoms with van der Waals surface area (Å²) >= 11 is 2.18. The predicted octanol–water partition coefficient (Wildman–Crippen LogP) is 0.944. The summed E-state index contributed by atoms with van der Waals surface area (Å²) in [5.41, 5.74) is 0. The highest BCUT2D eigenvalue weighted by atomic mass is 127. The third-order valence-corrected chi connectivity index (χ3v) is 2.93. The van der Waals surface area contributed by atoms with Gasteiger partial charge in [-0.2, -0.15) is 0 Å². The first-order chi connectivity index (χ1) is 4.13. The number of halogens is 1. The first-order valence-electron chi connectivity index (χ1n) is 3.07. The van der Waals surface area contributed by atoms with Crippen LogP contribution in [-0.2, 0) is 4.79 Å². The van der Waals surface area contributed by atoms with Gasteiger partial charge in [0, 0.05) is 0 Å². The molecule has 1 aliphatic heterocycles. The molecule has 0 aromatic heterocycles. The summed E-state index contributed by atoms with van der Waals surface area (Å²) in [5, 5.41) is 2.85. The minimum atomic E-state index is 0.189. The van der Waals surface area contributed by atoms with Crippen LogP contribution in [0.2, 0.25) is 0 Å². The van der Waals surface area contributed by atoms with Crippen LogP contribution in [0.3, 0.4) is 0 Å². The molecule has 2 atom stereocenters. The van der Waals surface area contributed by atoms with Crippen LogP contribution in [0, 0.1) is 5.92 Å². The molecule has 0 aromatic rings. The molecular formula is C6H10INO. The zero-order chi connectivity index (χ0) is 7.02. The van der Waals surface area contributed by atoms with Gasteiger partial charge in [-0.15, -0.1) is 0 Å². The van der Waals surface area contributed by atoms with Crippen molar-refractivity contribution in [3.63, 3.8) is 0 Å². The van der Waals surface area contributed by atoms with Gasteiger partial charge in [0.2, 0.25) is 5.91 Å². The van der Waals surface area contributed by atoms with Gasteiger partial charge in [0.15, 0.2) is 0 Å². The zero-order valence-corrected chi connectivity index (χ0v) is 7.68. The second-order valence-corrected chi connectivity index (χ2v) is 4.02. The van der Waals surface area contributed by atoms with E-state index in [1.165, 1.54) is 0 Å². The molecule has 1 saturated heterocycles. The molecule has 3 heteroatoms. The van der Waals surface area contributed by atoms with Gasteiger partial charge >= 0.3 is 0 Å². The second-order valence-electron chi connectivity index (χ2n) is 2.68. The molecule has 0 aromatic carbocycles. The van der Waals surface area contributed by atoms with Gasteiger partial charge in [0.05, 0.1) is 6.04 Å². The fraction of sp³-hybridized carbons (Fsp3) is 0.833. The summed E-state index contributed by atoms with van der Waals surface area (Å²) in [6.07, 6.45) is 0. The predicted molar refractivity (Wildman–Crippen MR) is 44.6 cm³/mol. The number of hydrogen-bond donors (Lipinski definition) is 1. The van der Waals surface area contributed by atoms with E-state index in [0.29, 0.717) is 12.0 Å². The van der Waals surface area contributed by atoms with Gasteiger partial charge in [0.25, 0.3) is 0 Å². The van der Waals surface area contributed by atoms with Crippen LogP contribution >= 0.6 is 22.6 Å². The van der Waals surface area contributed by atoms with E-state index in [4.69, 9.17) is 0 Å². The summed E-state index contributed by atoms with van der Waals surface area (Å²) in [6, 6.07) is 0.415. The zero-order valence-electron chi connectivity index (χ0n) is 5.52. The number of hydrogen-bond acceptors (Lipinski definition) is 1. The first-order valence-corrected chi connectivity index (χ1v) is 4.32. The number of alkyl halides is 1. The lowest BCUT2D eigenvalue weighted by Crippen LogP contribution is -2.61. The Hall–Kier alpha value is 0.200. The quantitative estimate of drug-likeness (QED) is 0.412. The minimum Gasteiger partial charge on any atom is -0.351 e. The Balaban J connectivity index is 2.42. The number of amides is 1. The largest absolute Gasteiger partial charge is 0.351 e. The van der Waals surface area contributed by atoms with E-state index >= 15 is 0 Å². The monoisotopic (exact) mass is 239 g/mol. The molecule has 0 spiro atoms. The lowest BCUT2D eigenvalue weighted by atomic mass is 9.94. The van der Waals surface area contributed by atoms with Crippen molar-refractivity contribution in [1.29, 1.82) is 0 Å². The molecule has 0 saturated carbocycles. The summed E-state index contributed by atoms with van der Waals surface area (Å²) in [4.78, 5) is 10.6. The van der Waals surface area contributed by atoms with Gasteiger partial charge in [-0.1, -0.05) is 36.4 Å². The average Bonchev–Trinajstić information content (AvgIpc) is 1.81. The van der Waals surface area contributed by atoms with Crippen LogP contribution in [0.25, 0.3) is 0 Å². The maximum absolute atomic E-state index is 10.6. The molecule has 1 fully saturated rings. The first kappa shape index (κ1) is 7.31. The van der Waals surface area contributed by atoms with E-state index < -0.39 is 0 Å². The fourth-order valence-corrected chi connectivity index (χ4v) is 2.08. The highest BCUT2D eigenvalue weighted by Crippen LogP contribution is 2.22. The van der Waals surface area contributed by atoms with Gasteiger partial charge in [-0.05, 0) is 5.92 Å². The maximum Gasteiger partial charge on any atom is 0.235 e. The SMILES string of the molecule is CC(C)C1NC(=O)C1I. The summed E-state index contributed by atoms with van der Waals surface area (Å²) in [5.74, 6) is 0.763. The average molecular weight is 239 g/mol. The Morgan fingerprint density at radius 1 is 1.67 bits per heavy atom. The molecule has 0 bridgehead atoms. The Morgan fingerprint density at radius 3 is 2.33 bits per heavy atom. The van der Waals surface area contributed by atoms with E-state index in [-0.39, 0.29) is 9.83 Å². The van der Waals surface area contributed by atoms with Gasteiger partial charge in [0.1, 0.15) is 3.92 Å². The van der Waals surface area contributed by atoms with Crippen molar-refractivity contribution in [2.24, 2.45) is 5.92 Å². The molecule has 2 unspecified atom stereocenters. The topological polar surface area (TPSA) is 29.1 Å². The van der Waals surface area contributed by atoms with E-state index in [1.807, 2.05) is 0 Å². The van der Waals surface area contributed by atoms with Crippen LogP contribution in [-0.4, -0.2) is 15.9 Å². The molecule has 1 rings (SSSR count). The maximum atomic E-state index is 10.6. The number of rotatable bonds is 1. The number of carbonyl (C=O) groups excluding carboxylic acids is 1. The third-order valence-electron chi connectivity index (χ3n) is 1.59. The Bertz CT molecular complexity index is 135. The Kier molecular flexibility index (Phi) is 1.98. The number of carbonyl (C=O) groups is 1. The molecule has 52 valence electrons. The van der Waals surface area contributed by atoms with Gasteiger partial charge in [-0.25, -0.2) is 0 Å². The van der Waals surface area contributed by atoms with Crippen LogP contribution in [0.5, 0.6) is 0 Å². The molecule has 1 heterocycles. The van der Waals surface area contributed by atoms with Crippen molar-refractivity contribution in [2.45, 2.75) is 23.8 Å². The van der Waals surface area contributed by atoms with Crippen LogP contribution in [0.4, 0.5) is 0 Å². The van der Waals surface area contributed by atoms with Crippen molar-refractivity contribution >= 4 is 28.5 Å². The van der Waals surface area contributed by atoms with Crippen molar-refractivity contribution in [1.82, 2.24) is 5.32 Å². The van der Waals surface area contributed by atoms with Crippen LogP contribution in [0.1, 0.15) is 13.8 Å². The molecule has 0 radical (unpaired) electrons. The highest BCUT2D eigenvalue weighted by molar-refractivity contribution is 14.1. The van der Waals surface area contributed by atoms with Crippen LogP contribution < -0.4 is 5.32 Å². The summed E-state index contributed by atoms with van der Waals surface area (Å²) in [7, 11) is 0.